The Morgan fingerprint density at radius 2 is 1.92 bits per heavy atom. The monoisotopic (exact) mass is 322 g/mol. The third-order valence-corrected chi connectivity index (χ3v) is 3.83. The lowest BCUT2D eigenvalue weighted by molar-refractivity contribution is 0.100. The first-order valence-corrected chi connectivity index (χ1v) is 7.64. The zero-order valence-corrected chi connectivity index (χ0v) is 13.5. The molecule has 0 spiro atoms. The Bertz CT molecular complexity index is 928. The first-order valence-electron chi connectivity index (χ1n) is 7.64. The van der Waals surface area contributed by atoms with E-state index in [1.54, 1.807) is 42.7 Å². The highest BCUT2D eigenvalue weighted by atomic mass is 16.2. The second-order valence-electron chi connectivity index (χ2n) is 5.81. The van der Waals surface area contributed by atoms with Crippen molar-refractivity contribution in [2.24, 2.45) is 5.73 Å². The van der Waals surface area contributed by atoms with Crippen LogP contribution in [0.25, 0.3) is 11.0 Å². The Morgan fingerprint density at radius 3 is 2.62 bits per heavy atom. The summed E-state index contributed by atoms with van der Waals surface area (Å²) >= 11 is 0. The fourth-order valence-electron chi connectivity index (χ4n) is 2.59. The Kier molecular flexibility index (Phi) is 4.04. The molecule has 0 atom stereocenters. The molecule has 3 rings (SSSR count). The van der Waals surface area contributed by atoms with Gasteiger partial charge in [-0.25, -0.2) is 4.98 Å². The molecule has 0 saturated carbocycles. The molecule has 6 heteroatoms. The number of nitrogens with one attached hydrogen (secondary N) is 1. The molecular weight excluding hydrogens is 304 g/mol. The third kappa shape index (κ3) is 2.86. The SMILES string of the molecule is CC(C)n1cnc2cc(C(=O)Nc3ccccc3C(N)=O)ccc21. The number of nitrogens with zero attached hydrogens (tertiary/aromatic N) is 2. The van der Waals surface area contributed by atoms with Gasteiger partial charge in [0.2, 0.25) is 0 Å². The van der Waals surface area contributed by atoms with Crippen molar-refractivity contribution >= 4 is 28.5 Å². The Balaban J connectivity index is 1.91. The maximum Gasteiger partial charge on any atom is 0.255 e. The molecule has 122 valence electrons. The van der Waals surface area contributed by atoms with Gasteiger partial charge in [-0.2, -0.15) is 0 Å². The summed E-state index contributed by atoms with van der Waals surface area (Å²) < 4.78 is 2.04. The van der Waals surface area contributed by atoms with Gasteiger partial charge >= 0.3 is 0 Å². The van der Waals surface area contributed by atoms with Gasteiger partial charge in [0, 0.05) is 11.6 Å². The van der Waals surface area contributed by atoms with E-state index in [0.29, 0.717) is 11.3 Å². The molecule has 0 unspecified atom stereocenters. The zero-order valence-electron chi connectivity index (χ0n) is 13.5. The van der Waals surface area contributed by atoms with Crippen LogP contribution >= 0.6 is 0 Å². The number of hydrogen-bond donors (Lipinski definition) is 2. The predicted octanol–water partition coefficient (Wildman–Crippen LogP) is 2.97. The average Bonchev–Trinajstić information content (AvgIpc) is 2.98. The summed E-state index contributed by atoms with van der Waals surface area (Å²) in [6.45, 7) is 4.14. The molecule has 6 nitrogen and oxygen atoms in total. The summed E-state index contributed by atoms with van der Waals surface area (Å²) in [4.78, 5) is 28.3. The largest absolute Gasteiger partial charge is 0.366 e. The summed E-state index contributed by atoms with van der Waals surface area (Å²) in [6, 6.07) is 12.3. The van der Waals surface area contributed by atoms with Crippen LogP contribution < -0.4 is 11.1 Å². The first-order chi connectivity index (χ1) is 11.5. The van der Waals surface area contributed by atoms with Gasteiger partial charge in [-0.05, 0) is 44.2 Å². The van der Waals surface area contributed by atoms with Gasteiger partial charge in [-0.1, -0.05) is 12.1 Å². The van der Waals surface area contributed by atoms with Gasteiger partial charge in [-0.15, -0.1) is 0 Å². The lowest BCUT2D eigenvalue weighted by Crippen LogP contribution is -2.18. The lowest BCUT2D eigenvalue weighted by atomic mass is 10.1. The maximum absolute atomic E-state index is 12.5. The van der Waals surface area contributed by atoms with E-state index in [9.17, 15) is 9.59 Å². The average molecular weight is 322 g/mol. The molecule has 0 aliphatic carbocycles. The Hall–Kier alpha value is -3.15. The van der Waals surface area contributed by atoms with E-state index in [2.05, 4.69) is 24.1 Å². The fourth-order valence-corrected chi connectivity index (χ4v) is 2.59. The number of primary amides is 1. The van der Waals surface area contributed by atoms with Crippen LogP contribution in [-0.2, 0) is 0 Å². The van der Waals surface area contributed by atoms with Crippen LogP contribution in [0.5, 0.6) is 0 Å². The number of amides is 2. The second-order valence-corrected chi connectivity index (χ2v) is 5.81. The summed E-state index contributed by atoms with van der Waals surface area (Å²) in [7, 11) is 0. The number of carbonyl (C=O) groups excluding carboxylic acids is 2. The number of carbonyl (C=O) groups is 2. The smallest absolute Gasteiger partial charge is 0.255 e. The van der Waals surface area contributed by atoms with Crippen LogP contribution in [0, 0.1) is 0 Å². The first kappa shape index (κ1) is 15.7. The molecule has 0 saturated heterocycles. The number of fused-ring (bicyclic) bond motifs is 1. The number of rotatable bonds is 4. The van der Waals surface area contributed by atoms with Crippen LogP contribution in [0.15, 0.2) is 48.8 Å². The topological polar surface area (TPSA) is 90.0 Å². The molecule has 1 heterocycles. The maximum atomic E-state index is 12.5. The highest BCUT2D eigenvalue weighted by molar-refractivity contribution is 6.09. The van der Waals surface area contributed by atoms with Crippen LogP contribution in [0.1, 0.15) is 40.6 Å². The Morgan fingerprint density at radius 1 is 1.17 bits per heavy atom. The minimum atomic E-state index is -0.586. The highest BCUT2D eigenvalue weighted by Gasteiger charge is 2.13. The standard InChI is InChI=1S/C18H18N4O2/c1-11(2)22-10-20-15-9-12(7-8-16(15)22)18(24)21-14-6-4-3-5-13(14)17(19)23/h3-11H,1-2H3,(H2,19,23)(H,21,24). The highest BCUT2D eigenvalue weighted by Crippen LogP contribution is 2.20. The Labute approximate surface area is 139 Å². The van der Waals surface area contributed by atoms with Crippen molar-refractivity contribution < 1.29 is 9.59 Å². The molecule has 0 aliphatic rings. The van der Waals surface area contributed by atoms with Crippen molar-refractivity contribution in [3.8, 4) is 0 Å². The van der Waals surface area contributed by atoms with E-state index in [4.69, 9.17) is 5.73 Å². The molecule has 0 aliphatic heterocycles. The number of aromatic nitrogens is 2. The second kappa shape index (κ2) is 6.16. The van der Waals surface area contributed by atoms with Crippen LogP contribution in [0.2, 0.25) is 0 Å². The van der Waals surface area contributed by atoms with Crippen molar-refractivity contribution in [2.75, 3.05) is 5.32 Å². The lowest BCUT2D eigenvalue weighted by Gasteiger charge is -2.10. The number of imidazole rings is 1. The molecular formula is C18H18N4O2. The summed E-state index contributed by atoms with van der Waals surface area (Å²) in [5.74, 6) is -0.901. The van der Waals surface area contributed by atoms with E-state index in [0.717, 1.165) is 11.0 Å². The molecule has 0 fully saturated rings. The zero-order chi connectivity index (χ0) is 17.3. The van der Waals surface area contributed by atoms with E-state index in [1.165, 1.54) is 0 Å². The molecule has 0 bridgehead atoms. The van der Waals surface area contributed by atoms with Crippen molar-refractivity contribution in [1.29, 1.82) is 0 Å². The van der Waals surface area contributed by atoms with Crippen LogP contribution in [0.3, 0.4) is 0 Å². The van der Waals surface area contributed by atoms with E-state index >= 15 is 0 Å². The number of hydrogen-bond acceptors (Lipinski definition) is 3. The molecule has 2 amide bonds. The molecule has 3 aromatic rings. The van der Waals surface area contributed by atoms with Gasteiger partial charge < -0.3 is 15.6 Å². The van der Waals surface area contributed by atoms with Gasteiger partial charge in [0.25, 0.3) is 11.8 Å². The van der Waals surface area contributed by atoms with Gasteiger partial charge in [0.1, 0.15) is 0 Å². The number of nitrogens with two attached hydrogens (primary N) is 1. The number of anilines is 1. The van der Waals surface area contributed by atoms with Crippen molar-refractivity contribution in [2.45, 2.75) is 19.9 Å². The van der Waals surface area contributed by atoms with Gasteiger partial charge in [-0.3, -0.25) is 9.59 Å². The van der Waals surface area contributed by atoms with Crippen LogP contribution in [-0.4, -0.2) is 21.4 Å². The molecule has 0 radical (unpaired) electrons. The quantitative estimate of drug-likeness (QED) is 0.773. The third-order valence-electron chi connectivity index (χ3n) is 3.83. The molecule has 2 aromatic carbocycles. The minimum Gasteiger partial charge on any atom is -0.366 e. The minimum absolute atomic E-state index is 0.274. The predicted molar refractivity (Wildman–Crippen MR) is 93.0 cm³/mol. The van der Waals surface area contributed by atoms with Gasteiger partial charge in [0.15, 0.2) is 0 Å². The van der Waals surface area contributed by atoms with Crippen molar-refractivity contribution in [3.63, 3.8) is 0 Å². The van der Waals surface area contributed by atoms with Crippen molar-refractivity contribution in [3.05, 3.63) is 59.9 Å². The van der Waals surface area contributed by atoms with E-state index in [-0.39, 0.29) is 17.5 Å². The van der Waals surface area contributed by atoms with Gasteiger partial charge in [0.05, 0.1) is 28.6 Å². The normalized spacial score (nSPS) is 11.0. The summed E-state index contributed by atoms with van der Waals surface area (Å²) in [6.07, 6.45) is 1.76. The van der Waals surface area contributed by atoms with Crippen LogP contribution in [0.4, 0.5) is 5.69 Å². The molecule has 3 N–H and O–H groups in total. The van der Waals surface area contributed by atoms with E-state index < -0.39 is 5.91 Å². The number of para-hydroxylation sites is 1. The fraction of sp³-hybridized carbons (Fsp3) is 0.167. The molecule has 1 aromatic heterocycles. The molecule has 24 heavy (non-hydrogen) atoms. The van der Waals surface area contributed by atoms with E-state index in [1.807, 2.05) is 10.6 Å². The number of benzene rings is 2. The summed E-state index contributed by atoms with van der Waals surface area (Å²) in [5, 5.41) is 2.73. The van der Waals surface area contributed by atoms with Crippen molar-refractivity contribution in [1.82, 2.24) is 9.55 Å². The summed E-state index contributed by atoms with van der Waals surface area (Å²) in [5.41, 5.74) is 8.19.